The second-order valence-corrected chi connectivity index (χ2v) is 9.48. The van der Waals surface area contributed by atoms with Gasteiger partial charge in [-0.05, 0) is 61.4 Å². The van der Waals surface area contributed by atoms with Crippen LogP contribution >= 0.6 is 11.6 Å². The van der Waals surface area contributed by atoms with E-state index in [4.69, 9.17) is 16.3 Å². The molecule has 6 nitrogen and oxygen atoms in total. The van der Waals surface area contributed by atoms with Gasteiger partial charge in [0.2, 0.25) is 0 Å². The van der Waals surface area contributed by atoms with E-state index in [0.29, 0.717) is 17.0 Å². The van der Waals surface area contributed by atoms with E-state index in [1.165, 1.54) is 18.1 Å². The predicted octanol–water partition coefficient (Wildman–Crippen LogP) is 6.08. The zero-order chi connectivity index (χ0) is 25.7. The van der Waals surface area contributed by atoms with Crippen molar-refractivity contribution >= 4 is 45.6 Å². The summed E-state index contributed by atoms with van der Waals surface area (Å²) in [6.07, 6.45) is 1.91. The third-order valence-corrected chi connectivity index (χ3v) is 6.87. The molecule has 1 N–H and O–H groups in total. The van der Waals surface area contributed by atoms with Crippen LogP contribution in [0, 0.1) is 13.8 Å². The molecule has 0 bridgehead atoms. The van der Waals surface area contributed by atoms with Crippen LogP contribution in [0.3, 0.4) is 0 Å². The Morgan fingerprint density at radius 2 is 1.69 bits per heavy atom. The number of nitrogens with zero attached hydrogens (tertiary/aromatic N) is 2. The number of rotatable bonds is 4. The number of Topliss-reactive ketones (excluding diaryl/α,β-unsaturated/α-hetero) is 1. The van der Waals surface area contributed by atoms with Crippen LogP contribution in [-0.4, -0.2) is 28.5 Å². The smallest absolute Gasteiger partial charge is 0.300 e. The van der Waals surface area contributed by atoms with E-state index in [1.54, 1.807) is 12.1 Å². The standard InChI is InChI=1S/C29H25ClN2O4/c1-16-11-17(2)13-19(12-16)32-26(21-15-31(3)23-8-6-5-7-20(21)23)25(28(34)29(32)35)27(33)18-9-10-24(36-4)22(30)14-18/h5-15,26,33H,1-4H3/b27-25+. The van der Waals surface area contributed by atoms with E-state index in [-0.39, 0.29) is 16.4 Å². The van der Waals surface area contributed by atoms with Crippen molar-refractivity contribution in [2.75, 3.05) is 12.0 Å². The minimum absolute atomic E-state index is 0.0109. The van der Waals surface area contributed by atoms with Gasteiger partial charge in [-0.3, -0.25) is 14.5 Å². The summed E-state index contributed by atoms with van der Waals surface area (Å²) in [4.78, 5) is 28.6. The number of aromatic nitrogens is 1. The first-order valence-corrected chi connectivity index (χ1v) is 11.9. The molecule has 0 spiro atoms. The van der Waals surface area contributed by atoms with Crippen molar-refractivity contribution in [1.29, 1.82) is 0 Å². The molecule has 1 aromatic heterocycles. The number of aliphatic hydroxyl groups excluding tert-OH is 1. The van der Waals surface area contributed by atoms with Crippen LogP contribution in [-0.2, 0) is 16.6 Å². The van der Waals surface area contributed by atoms with Crippen LogP contribution in [0.5, 0.6) is 5.75 Å². The second kappa shape index (κ2) is 8.88. The summed E-state index contributed by atoms with van der Waals surface area (Å²) in [7, 11) is 3.41. The Morgan fingerprint density at radius 3 is 2.36 bits per heavy atom. The lowest BCUT2D eigenvalue weighted by Crippen LogP contribution is -2.29. The zero-order valence-electron chi connectivity index (χ0n) is 20.4. The molecule has 1 fully saturated rings. The predicted molar refractivity (Wildman–Crippen MR) is 142 cm³/mol. The molecule has 1 unspecified atom stereocenters. The quantitative estimate of drug-likeness (QED) is 0.209. The Kier molecular flexibility index (Phi) is 5.85. The molecule has 2 heterocycles. The summed E-state index contributed by atoms with van der Waals surface area (Å²) in [5.41, 5.74) is 4.55. The summed E-state index contributed by atoms with van der Waals surface area (Å²) in [5.74, 6) is -1.30. The fourth-order valence-corrected chi connectivity index (χ4v) is 5.30. The van der Waals surface area contributed by atoms with E-state index in [2.05, 4.69) is 0 Å². The first kappa shape index (κ1) is 23.7. The van der Waals surface area contributed by atoms with Crippen LogP contribution in [0.4, 0.5) is 5.69 Å². The lowest BCUT2D eigenvalue weighted by Gasteiger charge is -2.25. The molecule has 7 heteroatoms. The van der Waals surface area contributed by atoms with E-state index in [1.807, 2.05) is 74.1 Å². The molecule has 0 aliphatic carbocycles. The average Bonchev–Trinajstić information content (AvgIpc) is 3.31. The Bertz CT molecular complexity index is 1560. The summed E-state index contributed by atoms with van der Waals surface area (Å²) < 4.78 is 7.18. The van der Waals surface area contributed by atoms with Gasteiger partial charge in [0.15, 0.2) is 0 Å². The molecule has 1 saturated heterocycles. The number of ether oxygens (including phenoxy) is 1. The summed E-state index contributed by atoms with van der Waals surface area (Å²) in [6.45, 7) is 3.89. The molecule has 5 rings (SSSR count). The summed E-state index contributed by atoms with van der Waals surface area (Å²) in [6, 6.07) is 17.5. The topological polar surface area (TPSA) is 71.8 Å². The van der Waals surface area contributed by atoms with Crippen molar-refractivity contribution in [1.82, 2.24) is 4.57 Å². The van der Waals surface area contributed by atoms with E-state index in [9.17, 15) is 14.7 Å². The monoisotopic (exact) mass is 500 g/mol. The lowest BCUT2D eigenvalue weighted by atomic mass is 9.94. The molecule has 1 aliphatic rings. The molecule has 0 radical (unpaired) electrons. The van der Waals surface area contributed by atoms with E-state index >= 15 is 0 Å². The molecule has 4 aromatic rings. The number of carbonyl (C=O) groups excluding carboxylic acids is 2. The number of methoxy groups -OCH3 is 1. The van der Waals surface area contributed by atoms with Crippen LogP contribution in [0.15, 0.2) is 72.4 Å². The highest BCUT2D eigenvalue weighted by Gasteiger charge is 2.48. The third-order valence-electron chi connectivity index (χ3n) is 6.58. The second-order valence-electron chi connectivity index (χ2n) is 9.08. The largest absolute Gasteiger partial charge is 0.507 e. The molecule has 0 saturated carbocycles. The highest BCUT2D eigenvalue weighted by molar-refractivity contribution is 6.52. The van der Waals surface area contributed by atoms with Gasteiger partial charge in [0.25, 0.3) is 11.7 Å². The van der Waals surface area contributed by atoms with Crippen LogP contribution < -0.4 is 9.64 Å². The van der Waals surface area contributed by atoms with Crippen LogP contribution in [0.25, 0.3) is 16.7 Å². The van der Waals surface area contributed by atoms with Gasteiger partial charge in [0.05, 0.1) is 23.7 Å². The Balaban J connectivity index is 1.81. The summed E-state index contributed by atoms with van der Waals surface area (Å²) >= 11 is 6.32. The van der Waals surface area contributed by atoms with Gasteiger partial charge in [-0.1, -0.05) is 35.9 Å². The van der Waals surface area contributed by atoms with E-state index < -0.39 is 17.7 Å². The number of anilines is 1. The lowest BCUT2D eigenvalue weighted by molar-refractivity contribution is -0.132. The Morgan fingerprint density at radius 1 is 1.00 bits per heavy atom. The first-order chi connectivity index (χ1) is 17.2. The molecular weight excluding hydrogens is 476 g/mol. The van der Waals surface area contributed by atoms with Crippen LogP contribution in [0.2, 0.25) is 5.02 Å². The number of halogens is 1. The highest BCUT2D eigenvalue weighted by Crippen LogP contribution is 2.45. The average molecular weight is 501 g/mol. The molecular formula is C29H25ClN2O4. The number of fused-ring (bicyclic) bond motifs is 1. The molecule has 1 aliphatic heterocycles. The van der Waals surface area contributed by atoms with Crippen molar-refractivity contribution in [2.24, 2.45) is 7.05 Å². The van der Waals surface area contributed by atoms with Crippen molar-refractivity contribution in [3.8, 4) is 5.75 Å². The first-order valence-electron chi connectivity index (χ1n) is 11.5. The minimum atomic E-state index is -0.835. The van der Waals surface area contributed by atoms with Crippen molar-refractivity contribution in [3.05, 3.63) is 99.7 Å². The highest BCUT2D eigenvalue weighted by atomic mass is 35.5. The van der Waals surface area contributed by atoms with Gasteiger partial charge in [0, 0.05) is 41.0 Å². The van der Waals surface area contributed by atoms with Gasteiger partial charge in [-0.15, -0.1) is 0 Å². The summed E-state index contributed by atoms with van der Waals surface area (Å²) in [5, 5.41) is 12.6. The fraction of sp³-hybridized carbons (Fsp3) is 0.172. The number of aliphatic hydroxyl groups is 1. The van der Waals surface area contributed by atoms with Crippen molar-refractivity contribution < 1.29 is 19.4 Å². The van der Waals surface area contributed by atoms with Crippen molar-refractivity contribution in [2.45, 2.75) is 19.9 Å². The molecule has 3 aromatic carbocycles. The van der Waals surface area contributed by atoms with E-state index in [0.717, 1.165) is 27.6 Å². The van der Waals surface area contributed by atoms with Gasteiger partial charge in [0.1, 0.15) is 11.5 Å². The molecule has 1 amide bonds. The number of aryl methyl sites for hydroxylation is 3. The Labute approximate surface area is 214 Å². The molecule has 36 heavy (non-hydrogen) atoms. The van der Waals surface area contributed by atoms with Gasteiger partial charge >= 0.3 is 0 Å². The number of hydrogen-bond acceptors (Lipinski definition) is 4. The maximum Gasteiger partial charge on any atom is 0.300 e. The van der Waals surface area contributed by atoms with Crippen LogP contribution in [0.1, 0.15) is 28.3 Å². The normalized spacial score (nSPS) is 17.2. The number of benzene rings is 3. The fourth-order valence-electron chi connectivity index (χ4n) is 5.04. The number of carbonyl (C=O) groups is 2. The minimum Gasteiger partial charge on any atom is -0.507 e. The molecule has 1 atom stereocenters. The maximum atomic E-state index is 13.5. The third kappa shape index (κ3) is 3.74. The van der Waals surface area contributed by atoms with Crippen molar-refractivity contribution in [3.63, 3.8) is 0 Å². The number of hydrogen-bond donors (Lipinski definition) is 1. The molecule has 182 valence electrons. The maximum absolute atomic E-state index is 13.5. The number of para-hydroxylation sites is 1. The SMILES string of the molecule is COc1ccc(/C(O)=C2\C(=O)C(=O)N(c3cc(C)cc(C)c3)C2c2cn(C)c3ccccc23)cc1Cl. The van der Waals surface area contributed by atoms with Gasteiger partial charge in [-0.25, -0.2) is 0 Å². The number of ketones is 1. The zero-order valence-corrected chi connectivity index (χ0v) is 21.1. The number of amides is 1. The Hall–Kier alpha value is -4.03. The van der Waals surface area contributed by atoms with Gasteiger partial charge in [-0.2, -0.15) is 0 Å². The van der Waals surface area contributed by atoms with Gasteiger partial charge < -0.3 is 14.4 Å².